The average molecular weight is 345 g/mol. The summed E-state index contributed by atoms with van der Waals surface area (Å²) in [5.74, 6) is 0.140. The summed E-state index contributed by atoms with van der Waals surface area (Å²) in [4.78, 5) is 25.8. The fourth-order valence-electron chi connectivity index (χ4n) is 3.12. The lowest BCUT2D eigenvalue weighted by molar-refractivity contribution is -0.153. The first-order valence-electron chi connectivity index (χ1n) is 8.49. The first kappa shape index (κ1) is 17.5. The molecule has 1 aliphatic rings. The van der Waals surface area contributed by atoms with Crippen LogP contribution < -0.4 is 10.4 Å². The minimum Gasteiger partial charge on any atom is -0.481 e. The van der Waals surface area contributed by atoms with Crippen LogP contribution in [0.1, 0.15) is 24.0 Å². The number of hydrogen-bond acceptors (Lipinski definition) is 6. The first-order valence-corrected chi connectivity index (χ1v) is 8.49. The number of nitrogens with zero attached hydrogens (tertiary/aromatic N) is 1. The highest BCUT2D eigenvalue weighted by atomic mass is 16.6. The number of benzene rings is 1. The second-order valence-corrected chi connectivity index (χ2v) is 6.60. The number of likely N-dealkylation sites (tertiary alicyclic amines) is 1. The average Bonchev–Trinajstić information content (AvgIpc) is 2.57. The zero-order valence-electron chi connectivity index (χ0n) is 14.8. The Balaban J connectivity index is 1.66. The number of rotatable bonds is 4. The molecule has 0 amide bonds. The Morgan fingerprint density at radius 3 is 2.72 bits per heavy atom. The SMILES string of the molecule is Cc1cc(=O)oc2c(C)c(OCC(=O)OC3CCN(C)CC3)ccc12. The normalized spacial score (nSPS) is 16.1. The molecule has 0 unspecified atom stereocenters. The van der Waals surface area contributed by atoms with Gasteiger partial charge in [0, 0.05) is 30.1 Å². The maximum absolute atomic E-state index is 12.0. The number of aryl methyl sites for hydroxylation is 2. The number of fused-ring (bicyclic) bond motifs is 1. The number of hydrogen-bond donors (Lipinski definition) is 0. The molecule has 0 N–H and O–H groups in total. The molecule has 2 aromatic rings. The molecule has 3 rings (SSSR count). The third-order valence-corrected chi connectivity index (χ3v) is 4.63. The van der Waals surface area contributed by atoms with E-state index in [9.17, 15) is 9.59 Å². The lowest BCUT2D eigenvalue weighted by Crippen LogP contribution is -2.36. The summed E-state index contributed by atoms with van der Waals surface area (Å²) in [7, 11) is 2.06. The van der Waals surface area contributed by atoms with Crippen LogP contribution in [0.15, 0.2) is 27.4 Å². The molecule has 0 atom stereocenters. The van der Waals surface area contributed by atoms with Crippen LogP contribution in [0.3, 0.4) is 0 Å². The summed E-state index contributed by atoms with van der Waals surface area (Å²) < 4.78 is 16.4. The van der Waals surface area contributed by atoms with Crippen molar-refractivity contribution in [1.29, 1.82) is 0 Å². The van der Waals surface area contributed by atoms with Gasteiger partial charge in [-0.05, 0) is 51.4 Å². The molecule has 1 saturated heterocycles. The van der Waals surface area contributed by atoms with Gasteiger partial charge in [-0.3, -0.25) is 0 Å². The second-order valence-electron chi connectivity index (χ2n) is 6.60. The van der Waals surface area contributed by atoms with E-state index in [0.717, 1.165) is 36.9 Å². The predicted molar refractivity (Wildman–Crippen MR) is 94.1 cm³/mol. The van der Waals surface area contributed by atoms with E-state index in [0.29, 0.717) is 16.9 Å². The summed E-state index contributed by atoms with van der Waals surface area (Å²) in [6.07, 6.45) is 1.66. The van der Waals surface area contributed by atoms with Gasteiger partial charge in [0.2, 0.25) is 0 Å². The monoisotopic (exact) mass is 345 g/mol. The Morgan fingerprint density at radius 2 is 2.00 bits per heavy atom. The highest BCUT2D eigenvalue weighted by Crippen LogP contribution is 2.28. The Kier molecular flexibility index (Phi) is 5.08. The van der Waals surface area contributed by atoms with Crippen LogP contribution in [0.4, 0.5) is 0 Å². The van der Waals surface area contributed by atoms with Crippen LogP contribution in [0.25, 0.3) is 11.0 Å². The van der Waals surface area contributed by atoms with Gasteiger partial charge in [0.05, 0.1) is 0 Å². The van der Waals surface area contributed by atoms with Crippen molar-refractivity contribution in [2.24, 2.45) is 0 Å². The number of piperidine rings is 1. The minimum atomic E-state index is -0.396. The van der Waals surface area contributed by atoms with Crippen molar-refractivity contribution < 1.29 is 18.7 Å². The number of carbonyl (C=O) groups excluding carboxylic acids is 1. The molecule has 134 valence electrons. The van der Waals surface area contributed by atoms with E-state index in [1.165, 1.54) is 6.07 Å². The van der Waals surface area contributed by atoms with Crippen LogP contribution in [0.5, 0.6) is 5.75 Å². The highest BCUT2D eigenvalue weighted by molar-refractivity contribution is 5.84. The van der Waals surface area contributed by atoms with Gasteiger partial charge in [-0.1, -0.05) is 0 Å². The highest BCUT2D eigenvalue weighted by Gasteiger charge is 2.20. The fourth-order valence-corrected chi connectivity index (χ4v) is 3.12. The Labute approximate surface area is 146 Å². The molecule has 0 bridgehead atoms. The first-order chi connectivity index (χ1) is 11.9. The Morgan fingerprint density at radius 1 is 1.28 bits per heavy atom. The summed E-state index contributed by atoms with van der Waals surface area (Å²) in [6.45, 7) is 5.37. The van der Waals surface area contributed by atoms with Gasteiger partial charge >= 0.3 is 11.6 Å². The molecule has 1 aromatic heterocycles. The molecule has 6 heteroatoms. The molecule has 0 spiro atoms. The maximum atomic E-state index is 12.0. The topological polar surface area (TPSA) is 69.0 Å². The van der Waals surface area contributed by atoms with E-state index in [2.05, 4.69) is 11.9 Å². The van der Waals surface area contributed by atoms with E-state index < -0.39 is 5.63 Å². The van der Waals surface area contributed by atoms with Crippen molar-refractivity contribution in [2.75, 3.05) is 26.7 Å². The van der Waals surface area contributed by atoms with E-state index >= 15 is 0 Å². The molecule has 1 aliphatic heterocycles. The summed E-state index contributed by atoms with van der Waals surface area (Å²) in [5, 5.41) is 0.860. The third kappa shape index (κ3) is 4.02. The van der Waals surface area contributed by atoms with Gasteiger partial charge in [-0.25, -0.2) is 9.59 Å². The van der Waals surface area contributed by atoms with Gasteiger partial charge in [0.15, 0.2) is 6.61 Å². The van der Waals surface area contributed by atoms with E-state index in [1.54, 1.807) is 6.07 Å². The molecule has 0 radical (unpaired) electrons. The van der Waals surface area contributed by atoms with Gasteiger partial charge in [-0.2, -0.15) is 0 Å². The fraction of sp³-hybridized carbons (Fsp3) is 0.474. The van der Waals surface area contributed by atoms with Gasteiger partial charge < -0.3 is 18.8 Å². The van der Waals surface area contributed by atoms with Crippen molar-refractivity contribution in [1.82, 2.24) is 4.90 Å². The van der Waals surface area contributed by atoms with Crippen LogP contribution in [0, 0.1) is 13.8 Å². The van der Waals surface area contributed by atoms with Crippen LogP contribution in [-0.4, -0.2) is 43.7 Å². The van der Waals surface area contributed by atoms with Crippen LogP contribution >= 0.6 is 0 Å². The zero-order valence-corrected chi connectivity index (χ0v) is 14.8. The van der Waals surface area contributed by atoms with Crippen molar-refractivity contribution in [3.8, 4) is 5.75 Å². The van der Waals surface area contributed by atoms with Gasteiger partial charge in [0.1, 0.15) is 17.4 Å². The Bertz CT molecular complexity index is 834. The summed E-state index contributed by atoms with van der Waals surface area (Å²) in [6, 6.07) is 5.08. The number of ether oxygens (including phenoxy) is 2. The largest absolute Gasteiger partial charge is 0.481 e. The molecule has 0 saturated carbocycles. The van der Waals surface area contributed by atoms with Crippen molar-refractivity contribution >= 4 is 16.9 Å². The van der Waals surface area contributed by atoms with Crippen LogP contribution in [-0.2, 0) is 9.53 Å². The quantitative estimate of drug-likeness (QED) is 0.626. The molecule has 25 heavy (non-hydrogen) atoms. The smallest absolute Gasteiger partial charge is 0.344 e. The lowest BCUT2D eigenvalue weighted by atomic mass is 10.1. The van der Waals surface area contributed by atoms with E-state index in [-0.39, 0.29) is 18.7 Å². The van der Waals surface area contributed by atoms with Crippen molar-refractivity contribution in [3.05, 3.63) is 39.7 Å². The predicted octanol–water partition coefficient (Wildman–Crippen LogP) is 2.43. The molecule has 0 aliphatic carbocycles. The second kappa shape index (κ2) is 7.27. The number of esters is 1. The Hall–Kier alpha value is -2.34. The maximum Gasteiger partial charge on any atom is 0.344 e. The zero-order chi connectivity index (χ0) is 18.0. The summed E-state index contributed by atoms with van der Waals surface area (Å²) >= 11 is 0. The third-order valence-electron chi connectivity index (χ3n) is 4.63. The van der Waals surface area contributed by atoms with Crippen molar-refractivity contribution in [3.63, 3.8) is 0 Å². The van der Waals surface area contributed by atoms with Gasteiger partial charge in [-0.15, -0.1) is 0 Å². The molecule has 1 aromatic carbocycles. The molecule has 1 fully saturated rings. The molecule has 6 nitrogen and oxygen atoms in total. The summed E-state index contributed by atoms with van der Waals surface area (Å²) in [5.41, 5.74) is 1.64. The van der Waals surface area contributed by atoms with Crippen molar-refractivity contribution in [2.45, 2.75) is 32.8 Å². The molecular weight excluding hydrogens is 322 g/mol. The number of carbonyl (C=O) groups is 1. The minimum absolute atomic E-state index is 0.0364. The molecular formula is C19H23NO5. The van der Waals surface area contributed by atoms with Gasteiger partial charge in [0.25, 0.3) is 0 Å². The lowest BCUT2D eigenvalue weighted by Gasteiger charge is -2.28. The van der Waals surface area contributed by atoms with E-state index in [4.69, 9.17) is 13.9 Å². The van der Waals surface area contributed by atoms with Crippen LogP contribution in [0.2, 0.25) is 0 Å². The molecule has 2 heterocycles. The van der Waals surface area contributed by atoms with E-state index in [1.807, 2.05) is 19.9 Å². The standard InChI is InChI=1S/C19H23NO5/c1-12-10-17(21)25-19-13(2)16(5-4-15(12)19)23-11-18(22)24-14-6-8-20(3)9-7-14/h4-5,10,14H,6-9,11H2,1-3H3.